The number of nitrogens with zero attached hydrogens (tertiary/aromatic N) is 3. The van der Waals surface area contributed by atoms with E-state index in [-0.39, 0.29) is 41.0 Å². The first-order chi connectivity index (χ1) is 15.5. The van der Waals surface area contributed by atoms with Crippen molar-refractivity contribution in [2.75, 3.05) is 18.8 Å². The van der Waals surface area contributed by atoms with Gasteiger partial charge in [-0.2, -0.15) is 0 Å². The SMILES string of the molecule is CCN(CC(=O)NCc1cccs1)C(=O)CSc1nnc(C(C)Oc2ccccc2F)o1. The molecule has 1 N–H and O–H groups in total. The number of thiophene rings is 1. The van der Waals surface area contributed by atoms with Gasteiger partial charge in [0.15, 0.2) is 17.7 Å². The van der Waals surface area contributed by atoms with E-state index in [2.05, 4.69) is 15.5 Å². The highest BCUT2D eigenvalue weighted by atomic mass is 32.2. The van der Waals surface area contributed by atoms with E-state index in [1.165, 1.54) is 17.0 Å². The van der Waals surface area contributed by atoms with Gasteiger partial charge in [0.05, 0.1) is 18.8 Å². The summed E-state index contributed by atoms with van der Waals surface area (Å²) in [6, 6.07) is 9.88. The van der Waals surface area contributed by atoms with E-state index >= 15 is 0 Å². The molecule has 2 heterocycles. The minimum absolute atomic E-state index is 0.0239. The number of para-hydroxylation sites is 1. The number of amides is 2. The van der Waals surface area contributed by atoms with Crippen molar-refractivity contribution in [1.82, 2.24) is 20.4 Å². The van der Waals surface area contributed by atoms with E-state index < -0.39 is 11.9 Å². The van der Waals surface area contributed by atoms with Crippen LogP contribution < -0.4 is 10.1 Å². The number of aromatic nitrogens is 2. The molecule has 1 atom stereocenters. The first-order valence-corrected chi connectivity index (χ1v) is 11.8. The standard InChI is InChI=1S/C21H23FN4O4S2/c1-3-26(12-18(27)23-11-15-7-6-10-31-15)19(28)13-32-21-25-24-20(30-21)14(2)29-17-9-5-4-8-16(17)22/h4-10,14H,3,11-13H2,1-2H3,(H,23,27). The molecule has 0 saturated heterocycles. The fourth-order valence-corrected chi connectivity index (χ4v) is 3.96. The number of carbonyl (C=O) groups is 2. The number of hydrogen-bond donors (Lipinski definition) is 1. The van der Waals surface area contributed by atoms with Gasteiger partial charge in [-0.3, -0.25) is 9.59 Å². The molecule has 0 fully saturated rings. The Morgan fingerprint density at radius 2 is 2.09 bits per heavy atom. The highest BCUT2D eigenvalue weighted by Crippen LogP contribution is 2.25. The maximum absolute atomic E-state index is 13.7. The molecule has 1 aromatic carbocycles. The number of likely N-dealkylation sites (N-methyl/N-ethyl adjacent to an activating group) is 1. The van der Waals surface area contributed by atoms with Crippen LogP contribution >= 0.6 is 23.1 Å². The van der Waals surface area contributed by atoms with Gasteiger partial charge in [-0.05, 0) is 37.4 Å². The van der Waals surface area contributed by atoms with Gasteiger partial charge in [-0.25, -0.2) is 4.39 Å². The van der Waals surface area contributed by atoms with E-state index in [9.17, 15) is 14.0 Å². The summed E-state index contributed by atoms with van der Waals surface area (Å²) < 4.78 is 24.8. The maximum Gasteiger partial charge on any atom is 0.277 e. The van der Waals surface area contributed by atoms with Crippen molar-refractivity contribution in [2.45, 2.75) is 31.7 Å². The van der Waals surface area contributed by atoms with Crippen molar-refractivity contribution in [3.8, 4) is 5.75 Å². The van der Waals surface area contributed by atoms with Gasteiger partial charge in [0, 0.05) is 11.4 Å². The molecule has 170 valence electrons. The molecule has 2 aromatic heterocycles. The van der Waals surface area contributed by atoms with E-state index in [1.54, 1.807) is 30.4 Å². The minimum Gasteiger partial charge on any atom is -0.478 e. The van der Waals surface area contributed by atoms with Crippen molar-refractivity contribution in [3.05, 3.63) is 58.4 Å². The molecule has 0 bridgehead atoms. The molecule has 3 aromatic rings. The smallest absolute Gasteiger partial charge is 0.277 e. The van der Waals surface area contributed by atoms with Crippen LogP contribution in [0.4, 0.5) is 4.39 Å². The van der Waals surface area contributed by atoms with Crippen molar-refractivity contribution in [3.63, 3.8) is 0 Å². The van der Waals surface area contributed by atoms with Crippen molar-refractivity contribution in [2.24, 2.45) is 0 Å². The monoisotopic (exact) mass is 478 g/mol. The summed E-state index contributed by atoms with van der Waals surface area (Å²) in [7, 11) is 0. The lowest BCUT2D eigenvalue weighted by atomic mass is 10.3. The fourth-order valence-electron chi connectivity index (χ4n) is 2.64. The van der Waals surface area contributed by atoms with Gasteiger partial charge in [0.1, 0.15) is 0 Å². The second kappa shape index (κ2) is 11.6. The molecule has 0 aliphatic rings. The predicted molar refractivity (Wildman–Crippen MR) is 119 cm³/mol. The average molecular weight is 479 g/mol. The Labute approximate surface area is 193 Å². The first-order valence-electron chi connectivity index (χ1n) is 9.90. The van der Waals surface area contributed by atoms with Crippen molar-refractivity contribution >= 4 is 34.9 Å². The van der Waals surface area contributed by atoms with Gasteiger partial charge in [-0.1, -0.05) is 30.0 Å². The number of halogens is 1. The van der Waals surface area contributed by atoms with E-state index in [4.69, 9.17) is 9.15 Å². The van der Waals surface area contributed by atoms with E-state index in [0.29, 0.717) is 13.1 Å². The summed E-state index contributed by atoms with van der Waals surface area (Å²) in [6.45, 7) is 4.28. The largest absolute Gasteiger partial charge is 0.478 e. The second-order valence-electron chi connectivity index (χ2n) is 6.65. The third-order valence-electron chi connectivity index (χ3n) is 4.34. The number of carbonyl (C=O) groups excluding carboxylic acids is 2. The predicted octanol–water partition coefficient (Wildman–Crippen LogP) is 3.67. The quantitative estimate of drug-likeness (QED) is 0.420. The molecule has 0 aliphatic carbocycles. The molecule has 32 heavy (non-hydrogen) atoms. The van der Waals surface area contributed by atoms with Crippen LogP contribution in [-0.4, -0.2) is 45.8 Å². The Balaban J connectivity index is 1.46. The number of hydrogen-bond acceptors (Lipinski definition) is 8. The lowest BCUT2D eigenvalue weighted by Crippen LogP contribution is -2.41. The van der Waals surface area contributed by atoms with Crippen molar-refractivity contribution in [1.29, 1.82) is 0 Å². The van der Waals surface area contributed by atoms with Crippen LogP contribution in [0.2, 0.25) is 0 Å². The van der Waals surface area contributed by atoms with Gasteiger partial charge < -0.3 is 19.4 Å². The zero-order chi connectivity index (χ0) is 22.9. The van der Waals surface area contributed by atoms with Crippen LogP contribution in [0.3, 0.4) is 0 Å². The third kappa shape index (κ3) is 6.79. The molecule has 2 amide bonds. The Kier molecular flexibility index (Phi) is 8.63. The molecule has 0 radical (unpaired) electrons. The molecular formula is C21H23FN4O4S2. The Bertz CT molecular complexity index is 1030. The Hall–Kier alpha value is -2.92. The molecule has 8 nitrogen and oxygen atoms in total. The van der Waals surface area contributed by atoms with E-state index in [0.717, 1.165) is 16.6 Å². The highest BCUT2D eigenvalue weighted by Gasteiger charge is 2.20. The normalized spacial score (nSPS) is 11.7. The van der Waals surface area contributed by atoms with Gasteiger partial charge in [-0.15, -0.1) is 21.5 Å². The molecule has 1 unspecified atom stereocenters. The molecule has 3 rings (SSSR count). The Morgan fingerprint density at radius 1 is 1.28 bits per heavy atom. The minimum atomic E-state index is -0.663. The zero-order valence-electron chi connectivity index (χ0n) is 17.6. The molecular weight excluding hydrogens is 455 g/mol. The number of nitrogens with one attached hydrogen (secondary N) is 1. The molecule has 0 spiro atoms. The van der Waals surface area contributed by atoms with Crippen LogP contribution in [0.5, 0.6) is 5.75 Å². The summed E-state index contributed by atoms with van der Waals surface area (Å²) in [5.74, 6) is -0.645. The average Bonchev–Trinajstić information content (AvgIpc) is 3.48. The fraction of sp³-hybridized carbons (Fsp3) is 0.333. The number of rotatable bonds is 11. The van der Waals surface area contributed by atoms with Crippen LogP contribution in [0.15, 0.2) is 51.4 Å². The molecule has 11 heteroatoms. The number of thioether (sulfide) groups is 1. The summed E-state index contributed by atoms with van der Waals surface area (Å²) in [4.78, 5) is 27.2. The summed E-state index contributed by atoms with van der Waals surface area (Å²) in [5, 5.41) is 12.7. The maximum atomic E-state index is 13.7. The first kappa shape index (κ1) is 23.7. The van der Waals surface area contributed by atoms with Crippen molar-refractivity contribution < 1.29 is 23.1 Å². The van der Waals surface area contributed by atoms with E-state index in [1.807, 2.05) is 24.4 Å². The third-order valence-corrected chi connectivity index (χ3v) is 6.02. The zero-order valence-corrected chi connectivity index (χ0v) is 19.2. The summed E-state index contributed by atoms with van der Waals surface area (Å²) >= 11 is 2.62. The summed E-state index contributed by atoms with van der Waals surface area (Å²) in [5.41, 5.74) is 0. The molecule has 0 saturated carbocycles. The molecule has 0 aliphatic heterocycles. The van der Waals surface area contributed by atoms with Crippen LogP contribution in [0.25, 0.3) is 0 Å². The lowest BCUT2D eigenvalue weighted by Gasteiger charge is -2.19. The number of ether oxygens (including phenoxy) is 1. The van der Waals surface area contributed by atoms with Crippen LogP contribution in [-0.2, 0) is 16.1 Å². The van der Waals surface area contributed by atoms with Crippen LogP contribution in [0, 0.1) is 5.82 Å². The lowest BCUT2D eigenvalue weighted by molar-refractivity contribution is -0.133. The summed E-state index contributed by atoms with van der Waals surface area (Å²) in [6.07, 6.45) is -0.663. The second-order valence-corrected chi connectivity index (χ2v) is 8.61. The Morgan fingerprint density at radius 3 is 2.81 bits per heavy atom. The van der Waals surface area contributed by atoms with Gasteiger partial charge in [0.2, 0.25) is 11.8 Å². The van der Waals surface area contributed by atoms with Gasteiger partial charge >= 0.3 is 0 Å². The van der Waals surface area contributed by atoms with Gasteiger partial charge in [0.25, 0.3) is 11.1 Å². The highest BCUT2D eigenvalue weighted by molar-refractivity contribution is 7.99. The van der Waals surface area contributed by atoms with Crippen LogP contribution in [0.1, 0.15) is 30.7 Å². The number of benzene rings is 1. The topological polar surface area (TPSA) is 97.6 Å².